The van der Waals surface area contributed by atoms with E-state index in [1.807, 2.05) is 13.8 Å². The predicted octanol–water partition coefficient (Wildman–Crippen LogP) is 0.528. The van der Waals surface area contributed by atoms with E-state index in [0.717, 1.165) is 0 Å². The van der Waals surface area contributed by atoms with Gasteiger partial charge in [0.2, 0.25) is 5.91 Å². The average molecular weight is 159 g/mol. The van der Waals surface area contributed by atoms with Crippen LogP contribution in [0.3, 0.4) is 0 Å². The molecule has 0 radical (unpaired) electrons. The fraction of sp³-hybridized carbons (Fsp3) is 0.875. The van der Waals surface area contributed by atoms with Gasteiger partial charge in [-0.25, -0.2) is 0 Å². The first-order valence-corrected chi connectivity index (χ1v) is 3.90. The molecule has 0 aliphatic heterocycles. The maximum absolute atomic E-state index is 10.6. The molecule has 3 heteroatoms. The van der Waals surface area contributed by atoms with Crippen molar-refractivity contribution >= 4 is 5.91 Å². The maximum atomic E-state index is 10.6. The Bertz CT molecular complexity index is 124. The summed E-state index contributed by atoms with van der Waals surface area (Å²) in [7, 11) is 0. The molecule has 0 saturated carbocycles. The smallest absolute Gasteiger partial charge is 0.217 e. The molecule has 66 valence electrons. The number of aliphatic hydroxyl groups excluding tert-OH is 1. The highest BCUT2D eigenvalue weighted by Crippen LogP contribution is 2.05. The molecule has 11 heavy (non-hydrogen) atoms. The summed E-state index contributed by atoms with van der Waals surface area (Å²) in [5, 5.41) is 11.9. The van der Waals surface area contributed by atoms with Crippen LogP contribution in [0, 0.1) is 5.92 Å². The zero-order valence-electron chi connectivity index (χ0n) is 7.59. The lowest BCUT2D eigenvalue weighted by Gasteiger charge is -2.24. The molecule has 1 amide bonds. The van der Waals surface area contributed by atoms with Gasteiger partial charge in [0.25, 0.3) is 0 Å². The van der Waals surface area contributed by atoms with Gasteiger partial charge in [0, 0.05) is 6.92 Å². The number of amides is 1. The first-order valence-electron chi connectivity index (χ1n) is 3.90. The lowest BCUT2D eigenvalue weighted by atomic mass is 10.00. The van der Waals surface area contributed by atoms with Crippen molar-refractivity contribution < 1.29 is 9.90 Å². The fourth-order valence-electron chi connectivity index (χ4n) is 1.08. The molecule has 0 bridgehead atoms. The third-order valence-electron chi connectivity index (χ3n) is 1.61. The van der Waals surface area contributed by atoms with E-state index in [9.17, 15) is 9.90 Å². The van der Waals surface area contributed by atoms with Gasteiger partial charge >= 0.3 is 0 Å². The van der Waals surface area contributed by atoms with Gasteiger partial charge in [-0.3, -0.25) is 4.79 Å². The van der Waals surface area contributed by atoms with Crippen LogP contribution in [0.4, 0.5) is 0 Å². The molecule has 0 saturated heterocycles. The predicted molar refractivity (Wildman–Crippen MR) is 44.1 cm³/mol. The number of carbonyl (C=O) groups excluding carboxylic acids is 1. The van der Waals surface area contributed by atoms with E-state index in [1.165, 1.54) is 6.92 Å². The summed E-state index contributed by atoms with van der Waals surface area (Å²) in [6.45, 7) is 7.07. The lowest BCUT2D eigenvalue weighted by Crippen LogP contribution is -2.44. The Morgan fingerprint density at radius 2 is 1.82 bits per heavy atom. The Labute approximate surface area is 67.8 Å². The van der Waals surface area contributed by atoms with Crippen LogP contribution in [0.2, 0.25) is 0 Å². The molecule has 3 nitrogen and oxygen atoms in total. The van der Waals surface area contributed by atoms with Gasteiger partial charge in [0.1, 0.15) is 0 Å². The van der Waals surface area contributed by atoms with E-state index in [-0.39, 0.29) is 17.9 Å². The minimum absolute atomic E-state index is 0.0930. The molecule has 0 aromatic heterocycles. The molecule has 2 N–H and O–H groups in total. The molecule has 0 spiro atoms. The Morgan fingerprint density at radius 3 is 1.91 bits per heavy atom. The largest absolute Gasteiger partial charge is 0.391 e. The van der Waals surface area contributed by atoms with Gasteiger partial charge in [0.05, 0.1) is 12.1 Å². The van der Waals surface area contributed by atoms with Crippen molar-refractivity contribution in [3.8, 4) is 0 Å². The molecule has 0 heterocycles. The maximum Gasteiger partial charge on any atom is 0.217 e. The molecular formula is C8H17NO2. The third-order valence-corrected chi connectivity index (χ3v) is 1.61. The van der Waals surface area contributed by atoms with Crippen LogP contribution >= 0.6 is 0 Å². The number of hydrogen-bond donors (Lipinski definition) is 2. The van der Waals surface area contributed by atoms with Crippen LogP contribution in [0.15, 0.2) is 0 Å². The van der Waals surface area contributed by atoms with Crippen LogP contribution in [0.1, 0.15) is 27.7 Å². The minimum atomic E-state index is -0.487. The van der Waals surface area contributed by atoms with Crippen molar-refractivity contribution in [2.45, 2.75) is 39.8 Å². The van der Waals surface area contributed by atoms with Crippen molar-refractivity contribution in [3.63, 3.8) is 0 Å². The van der Waals surface area contributed by atoms with Crippen molar-refractivity contribution in [1.29, 1.82) is 0 Å². The van der Waals surface area contributed by atoms with E-state index < -0.39 is 6.10 Å². The van der Waals surface area contributed by atoms with E-state index in [4.69, 9.17) is 0 Å². The first kappa shape index (κ1) is 10.4. The number of hydrogen-bond acceptors (Lipinski definition) is 2. The Kier molecular flexibility index (Phi) is 4.11. The van der Waals surface area contributed by atoms with E-state index in [2.05, 4.69) is 5.32 Å². The topological polar surface area (TPSA) is 49.3 Å². The molecule has 0 unspecified atom stereocenters. The van der Waals surface area contributed by atoms with E-state index in [1.54, 1.807) is 6.92 Å². The van der Waals surface area contributed by atoms with Crippen molar-refractivity contribution in [2.24, 2.45) is 5.92 Å². The van der Waals surface area contributed by atoms with Crippen molar-refractivity contribution in [1.82, 2.24) is 5.32 Å². The second-order valence-corrected chi connectivity index (χ2v) is 3.21. The summed E-state index contributed by atoms with van der Waals surface area (Å²) in [6.07, 6.45) is -0.487. The lowest BCUT2D eigenvalue weighted by molar-refractivity contribution is -0.120. The molecule has 0 fully saturated rings. The number of aliphatic hydroxyl groups is 1. The molecule has 0 aromatic carbocycles. The highest BCUT2D eigenvalue weighted by molar-refractivity contribution is 5.73. The highest BCUT2D eigenvalue weighted by atomic mass is 16.3. The molecule has 0 rings (SSSR count). The summed E-state index contributed by atoms with van der Waals surface area (Å²) in [6, 6.07) is -0.132. The van der Waals surface area contributed by atoms with Gasteiger partial charge in [-0.1, -0.05) is 13.8 Å². The third kappa shape index (κ3) is 3.98. The van der Waals surface area contributed by atoms with Crippen molar-refractivity contribution in [3.05, 3.63) is 0 Å². The summed E-state index contributed by atoms with van der Waals surface area (Å²) in [5.74, 6) is 0.170. The monoisotopic (exact) mass is 159 g/mol. The Morgan fingerprint density at radius 1 is 1.36 bits per heavy atom. The Balaban J connectivity index is 4.00. The normalized spacial score (nSPS) is 16.2. The summed E-state index contributed by atoms with van der Waals surface area (Å²) in [5.41, 5.74) is 0. The van der Waals surface area contributed by atoms with Gasteiger partial charge < -0.3 is 10.4 Å². The molecule has 0 aliphatic carbocycles. The van der Waals surface area contributed by atoms with Crippen LogP contribution in [-0.4, -0.2) is 23.2 Å². The molecular weight excluding hydrogens is 142 g/mol. The van der Waals surface area contributed by atoms with Crippen LogP contribution in [0.25, 0.3) is 0 Å². The molecule has 0 aromatic rings. The number of carbonyl (C=O) groups is 1. The minimum Gasteiger partial charge on any atom is -0.391 e. The van der Waals surface area contributed by atoms with Gasteiger partial charge in [0.15, 0.2) is 0 Å². The zero-order chi connectivity index (χ0) is 9.02. The van der Waals surface area contributed by atoms with Gasteiger partial charge in [-0.2, -0.15) is 0 Å². The summed E-state index contributed by atoms with van der Waals surface area (Å²) >= 11 is 0. The first-order chi connectivity index (χ1) is 4.95. The van der Waals surface area contributed by atoms with Crippen molar-refractivity contribution in [2.75, 3.05) is 0 Å². The molecule has 0 aliphatic rings. The zero-order valence-corrected chi connectivity index (χ0v) is 7.59. The average Bonchev–Trinajstić information content (AvgIpc) is 1.81. The van der Waals surface area contributed by atoms with E-state index in [0.29, 0.717) is 0 Å². The van der Waals surface area contributed by atoms with Gasteiger partial charge in [-0.15, -0.1) is 0 Å². The van der Waals surface area contributed by atoms with E-state index >= 15 is 0 Å². The Hall–Kier alpha value is -0.570. The second kappa shape index (κ2) is 4.34. The van der Waals surface area contributed by atoms with Crippen LogP contribution in [-0.2, 0) is 4.79 Å². The van der Waals surface area contributed by atoms with Gasteiger partial charge in [-0.05, 0) is 12.8 Å². The standard InChI is InChI=1S/C8H17NO2/c1-5(2)8(6(3)10)9-7(4)11/h5-6,8,10H,1-4H3,(H,9,11)/t6-,8+/m1/s1. The summed E-state index contributed by atoms with van der Waals surface area (Å²) in [4.78, 5) is 10.6. The molecule has 2 atom stereocenters. The highest BCUT2D eigenvalue weighted by Gasteiger charge is 2.18. The SMILES string of the molecule is CC(=O)N[C@@H](C(C)C)[C@@H](C)O. The fourth-order valence-corrected chi connectivity index (χ4v) is 1.08. The number of nitrogens with one attached hydrogen (secondary N) is 1. The van der Waals surface area contributed by atoms with Crippen LogP contribution in [0.5, 0.6) is 0 Å². The number of rotatable bonds is 3. The summed E-state index contributed by atoms with van der Waals surface area (Å²) < 4.78 is 0. The quantitative estimate of drug-likeness (QED) is 0.631. The van der Waals surface area contributed by atoms with Crippen LogP contribution < -0.4 is 5.32 Å². The second-order valence-electron chi connectivity index (χ2n) is 3.21.